The van der Waals surface area contributed by atoms with Crippen molar-refractivity contribution in [1.82, 2.24) is 4.57 Å². The van der Waals surface area contributed by atoms with Crippen molar-refractivity contribution in [1.29, 1.82) is 0 Å². The van der Waals surface area contributed by atoms with Gasteiger partial charge in [-0.2, -0.15) is 4.99 Å². The van der Waals surface area contributed by atoms with Crippen LogP contribution in [0.5, 0.6) is 0 Å². The maximum atomic E-state index is 12.6. The first-order valence-electron chi connectivity index (χ1n) is 8.01. The van der Waals surface area contributed by atoms with E-state index in [4.69, 9.17) is 0 Å². The molecule has 5 nitrogen and oxygen atoms in total. The number of benzene rings is 2. The van der Waals surface area contributed by atoms with Gasteiger partial charge in [0.25, 0.3) is 5.91 Å². The number of fused-ring (bicyclic) bond motifs is 1. The van der Waals surface area contributed by atoms with Crippen LogP contribution in [0.25, 0.3) is 10.2 Å². The van der Waals surface area contributed by atoms with Gasteiger partial charge in [0, 0.05) is 23.3 Å². The molecule has 0 spiro atoms. The molecule has 1 amide bonds. The summed E-state index contributed by atoms with van der Waals surface area (Å²) in [5, 5.41) is 0. The van der Waals surface area contributed by atoms with Crippen LogP contribution in [0, 0.1) is 0 Å². The summed E-state index contributed by atoms with van der Waals surface area (Å²) in [4.78, 5) is 18.7. The number of allylic oxidation sites excluding steroid dienone is 1. The molecule has 2 aromatic carbocycles. The van der Waals surface area contributed by atoms with Gasteiger partial charge in [0.2, 0.25) is 0 Å². The lowest BCUT2D eigenvalue weighted by atomic mass is 10.2. The third-order valence-corrected chi connectivity index (χ3v) is 6.82. The van der Waals surface area contributed by atoms with Crippen LogP contribution < -0.4 is 4.80 Å². The zero-order valence-electron chi connectivity index (χ0n) is 14.9. The maximum Gasteiger partial charge on any atom is 0.279 e. The van der Waals surface area contributed by atoms with E-state index in [9.17, 15) is 13.2 Å². The summed E-state index contributed by atoms with van der Waals surface area (Å²) in [7, 11) is -3.31. The zero-order chi connectivity index (χ0) is 19.6. The number of nitrogens with zero attached hydrogens (tertiary/aromatic N) is 2. The molecule has 0 radical (unpaired) electrons. The summed E-state index contributed by atoms with van der Waals surface area (Å²) in [5.74, 6) is -0.338. The number of carbonyl (C=O) groups is 1. The fraction of sp³-hybridized carbons (Fsp3) is 0.158. The summed E-state index contributed by atoms with van der Waals surface area (Å²) in [6.45, 7) is 4.22. The largest absolute Gasteiger partial charge is 0.312 e. The summed E-state index contributed by atoms with van der Waals surface area (Å²) in [6, 6.07) is 12.2. The molecule has 0 N–H and O–H groups in total. The third kappa shape index (κ3) is 4.23. The Hall–Kier alpha value is -2.16. The Morgan fingerprint density at radius 1 is 1.26 bits per heavy atom. The van der Waals surface area contributed by atoms with E-state index in [0.29, 0.717) is 16.9 Å². The lowest BCUT2D eigenvalue weighted by Gasteiger charge is -2.02. The minimum absolute atomic E-state index is 0.243. The number of amides is 1. The van der Waals surface area contributed by atoms with Crippen LogP contribution in [-0.2, 0) is 16.4 Å². The predicted molar refractivity (Wildman–Crippen MR) is 111 cm³/mol. The van der Waals surface area contributed by atoms with E-state index in [2.05, 4.69) is 11.6 Å². The second kappa shape index (κ2) is 7.84. The number of hydrogen-bond donors (Lipinski definition) is 0. The third-order valence-electron chi connectivity index (χ3n) is 3.93. The lowest BCUT2D eigenvalue weighted by molar-refractivity contribution is 0.0998. The van der Waals surface area contributed by atoms with Crippen molar-refractivity contribution >= 4 is 49.1 Å². The molecule has 0 saturated carbocycles. The fourth-order valence-corrected chi connectivity index (χ4v) is 4.77. The Morgan fingerprint density at radius 2 is 1.96 bits per heavy atom. The van der Waals surface area contributed by atoms with Crippen molar-refractivity contribution in [3.05, 3.63) is 65.5 Å². The van der Waals surface area contributed by atoms with Crippen LogP contribution in [0.2, 0.25) is 0 Å². The van der Waals surface area contributed by atoms with E-state index in [1.165, 1.54) is 17.6 Å². The van der Waals surface area contributed by atoms with Crippen LogP contribution in [0.4, 0.5) is 0 Å². The summed E-state index contributed by atoms with van der Waals surface area (Å²) < 4.78 is 26.2. The van der Waals surface area contributed by atoms with Gasteiger partial charge < -0.3 is 4.57 Å². The van der Waals surface area contributed by atoms with Crippen molar-refractivity contribution in [2.45, 2.75) is 16.3 Å². The number of thioether (sulfide) groups is 1. The molecule has 1 aromatic heterocycles. The minimum atomic E-state index is -3.31. The van der Waals surface area contributed by atoms with E-state index in [0.717, 1.165) is 15.1 Å². The molecule has 0 aliphatic carbocycles. The fourth-order valence-electron chi connectivity index (χ4n) is 2.56. The number of sulfone groups is 1. The van der Waals surface area contributed by atoms with Crippen molar-refractivity contribution < 1.29 is 13.2 Å². The molecular weight excluding hydrogens is 400 g/mol. The highest BCUT2D eigenvalue weighted by Crippen LogP contribution is 2.22. The first kappa shape index (κ1) is 19.6. The van der Waals surface area contributed by atoms with Gasteiger partial charge in [-0.1, -0.05) is 17.4 Å². The van der Waals surface area contributed by atoms with Gasteiger partial charge in [0.05, 0.1) is 15.1 Å². The number of rotatable bonds is 5. The molecule has 0 atom stereocenters. The Labute approximate surface area is 166 Å². The average Bonchev–Trinajstić information content (AvgIpc) is 2.98. The van der Waals surface area contributed by atoms with Gasteiger partial charge in [-0.25, -0.2) is 8.42 Å². The highest BCUT2D eigenvalue weighted by molar-refractivity contribution is 7.98. The molecule has 0 saturated heterocycles. The van der Waals surface area contributed by atoms with Crippen LogP contribution in [-0.4, -0.2) is 31.4 Å². The summed E-state index contributed by atoms with van der Waals surface area (Å²) in [6.07, 6.45) is 4.86. The molecule has 0 bridgehead atoms. The number of thiazole rings is 1. The van der Waals surface area contributed by atoms with Crippen LogP contribution in [0.3, 0.4) is 0 Å². The molecule has 1 heterocycles. The predicted octanol–water partition coefficient (Wildman–Crippen LogP) is 3.76. The number of carbonyl (C=O) groups excluding carboxylic acids is 1. The quantitative estimate of drug-likeness (QED) is 0.467. The van der Waals surface area contributed by atoms with E-state index < -0.39 is 9.84 Å². The smallest absolute Gasteiger partial charge is 0.279 e. The summed E-state index contributed by atoms with van der Waals surface area (Å²) in [5.41, 5.74) is 1.32. The normalized spacial score (nSPS) is 12.4. The Kier molecular flexibility index (Phi) is 5.69. The van der Waals surface area contributed by atoms with E-state index >= 15 is 0 Å². The molecule has 3 rings (SSSR count). The van der Waals surface area contributed by atoms with Gasteiger partial charge in [-0.3, -0.25) is 4.79 Å². The lowest BCUT2D eigenvalue weighted by Crippen LogP contribution is -2.16. The van der Waals surface area contributed by atoms with Crippen LogP contribution in [0.15, 0.2) is 69.9 Å². The zero-order valence-corrected chi connectivity index (χ0v) is 17.3. The van der Waals surface area contributed by atoms with Crippen molar-refractivity contribution in [3.63, 3.8) is 0 Å². The molecule has 27 heavy (non-hydrogen) atoms. The van der Waals surface area contributed by atoms with Crippen molar-refractivity contribution in [3.8, 4) is 0 Å². The monoisotopic (exact) mass is 418 g/mol. The molecule has 0 aliphatic rings. The van der Waals surface area contributed by atoms with Crippen LogP contribution in [0.1, 0.15) is 10.4 Å². The highest BCUT2D eigenvalue weighted by Gasteiger charge is 2.13. The molecule has 0 aliphatic heterocycles. The molecule has 0 fully saturated rings. The van der Waals surface area contributed by atoms with Gasteiger partial charge in [0.1, 0.15) is 0 Å². The van der Waals surface area contributed by atoms with Gasteiger partial charge in [-0.05, 0) is 48.7 Å². The first-order chi connectivity index (χ1) is 12.8. The topological polar surface area (TPSA) is 68.5 Å². The van der Waals surface area contributed by atoms with Crippen molar-refractivity contribution in [2.75, 3.05) is 12.5 Å². The first-order valence-corrected chi connectivity index (χ1v) is 11.9. The van der Waals surface area contributed by atoms with E-state index in [1.807, 2.05) is 23.0 Å². The minimum Gasteiger partial charge on any atom is -0.312 e. The van der Waals surface area contributed by atoms with E-state index in [1.54, 1.807) is 48.2 Å². The molecule has 3 aromatic rings. The Morgan fingerprint density at radius 3 is 2.56 bits per heavy atom. The molecule has 8 heteroatoms. The highest BCUT2D eigenvalue weighted by atomic mass is 32.2. The van der Waals surface area contributed by atoms with Crippen molar-refractivity contribution in [2.24, 2.45) is 4.99 Å². The van der Waals surface area contributed by atoms with Crippen LogP contribution >= 0.6 is 23.1 Å². The molecule has 140 valence electrons. The SMILES string of the molecule is C=CCn1c(=NC(=O)c2ccc(SC)cc2)sc2cc(S(C)(=O)=O)ccc21. The average molecular weight is 419 g/mol. The van der Waals surface area contributed by atoms with E-state index in [-0.39, 0.29) is 10.8 Å². The molecular formula is C19H18N2O3S3. The second-order valence-corrected chi connectivity index (χ2v) is 9.74. The van der Waals surface area contributed by atoms with Gasteiger partial charge in [-0.15, -0.1) is 18.3 Å². The Bertz CT molecular complexity index is 1190. The van der Waals surface area contributed by atoms with Gasteiger partial charge >= 0.3 is 0 Å². The standard InChI is InChI=1S/C19H18N2O3S3/c1-4-11-21-16-10-9-15(27(3,23)24)12-17(16)26-19(21)20-18(22)13-5-7-14(25-2)8-6-13/h4-10,12H,1,11H2,2-3H3. The maximum absolute atomic E-state index is 12.6. The summed E-state index contributed by atoms with van der Waals surface area (Å²) >= 11 is 2.89. The number of hydrogen-bond acceptors (Lipinski definition) is 5. The Balaban J connectivity index is 2.13. The molecule has 0 unspecified atom stereocenters. The van der Waals surface area contributed by atoms with Gasteiger partial charge in [0.15, 0.2) is 14.6 Å². The second-order valence-electron chi connectivity index (χ2n) is 5.83. The number of aromatic nitrogens is 1.